The average Bonchev–Trinajstić information content (AvgIpc) is 3.36. The lowest BCUT2D eigenvalue weighted by Crippen LogP contribution is -2.26. The molecule has 36 heavy (non-hydrogen) atoms. The van der Waals surface area contributed by atoms with Crippen LogP contribution in [0, 0.1) is 38.7 Å². The Bertz CT molecular complexity index is 1180. The van der Waals surface area contributed by atoms with Gasteiger partial charge in [-0.1, -0.05) is 26.3 Å². The van der Waals surface area contributed by atoms with Crippen LogP contribution in [0.5, 0.6) is 0 Å². The number of non-ortho nitro benzene ring substituents is 1. The number of allylic oxidation sites excluding steroid dienone is 1. The third kappa shape index (κ3) is 4.16. The molecule has 9 nitrogen and oxygen atoms in total. The number of carbonyl (C=O) groups is 1. The largest absolute Gasteiger partial charge is 0.461 e. The monoisotopic (exact) mass is 496 g/mol. The number of aromatic nitrogens is 2. The Kier molecular flexibility index (Phi) is 6.51. The fourth-order valence-electron chi connectivity index (χ4n) is 7.39. The molecule has 4 aliphatic rings. The summed E-state index contributed by atoms with van der Waals surface area (Å²) >= 11 is 0. The Morgan fingerprint density at radius 3 is 2.67 bits per heavy atom. The highest BCUT2D eigenvalue weighted by molar-refractivity contribution is 5.93. The van der Waals surface area contributed by atoms with E-state index in [1.807, 2.05) is 0 Å². The van der Waals surface area contributed by atoms with Crippen LogP contribution in [0.4, 0.5) is 11.4 Å². The second-order valence-electron chi connectivity index (χ2n) is 11.4. The maximum Gasteiger partial charge on any atom is 0.306 e. The van der Waals surface area contributed by atoms with Crippen molar-refractivity contribution in [1.29, 1.82) is 0 Å². The van der Waals surface area contributed by atoms with E-state index in [9.17, 15) is 14.9 Å². The lowest BCUT2D eigenvalue weighted by atomic mass is 9.71. The van der Waals surface area contributed by atoms with Crippen LogP contribution < -0.4 is 5.32 Å². The van der Waals surface area contributed by atoms with Crippen LogP contribution in [0.25, 0.3) is 11.0 Å². The zero-order valence-corrected chi connectivity index (χ0v) is 21.4. The van der Waals surface area contributed by atoms with Crippen LogP contribution in [-0.2, 0) is 9.53 Å². The molecular weight excluding hydrogens is 460 g/mol. The first-order valence-electron chi connectivity index (χ1n) is 13.2. The van der Waals surface area contributed by atoms with Crippen molar-refractivity contribution >= 4 is 28.4 Å². The smallest absolute Gasteiger partial charge is 0.306 e. The van der Waals surface area contributed by atoms with Crippen molar-refractivity contribution in [1.82, 2.24) is 10.3 Å². The van der Waals surface area contributed by atoms with Crippen molar-refractivity contribution in [3.8, 4) is 0 Å². The third-order valence-corrected chi connectivity index (χ3v) is 9.71. The van der Waals surface area contributed by atoms with Gasteiger partial charge in [0.05, 0.1) is 10.6 Å². The molecule has 9 heteroatoms. The van der Waals surface area contributed by atoms with Gasteiger partial charge >= 0.3 is 11.7 Å². The topological polar surface area (TPSA) is 120 Å². The fraction of sp³-hybridized carbons (Fsp3) is 0.667. The Balaban J connectivity index is 0.952. The molecule has 194 valence electrons. The Labute approximate surface area is 211 Å². The van der Waals surface area contributed by atoms with E-state index in [4.69, 9.17) is 4.74 Å². The lowest BCUT2D eigenvalue weighted by molar-refractivity contribution is -0.383. The Hall–Kier alpha value is -2.97. The summed E-state index contributed by atoms with van der Waals surface area (Å²) in [4.78, 5) is 22.7. The number of hydrogen-bond donors (Lipinski definition) is 1. The maximum absolute atomic E-state index is 12.1. The van der Waals surface area contributed by atoms with Crippen molar-refractivity contribution in [3.63, 3.8) is 0 Å². The summed E-state index contributed by atoms with van der Waals surface area (Å²) in [5.41, 5.74) is 3.22. The number of hydrogen-bond acceptors (Lipinski definition) is 8. The number of benzene rings is 1. The molecule has 1 aromatic carbocycles. The molecule has 5 atom stereocenters. The van der Waals surface area contributed by atoms with E-state index in [-0.39, 0.29) is 17.2 Å². The number of carbonyl (C=O) groups excluding carboxylic acids is 1. The quantitative estimate of drug-likeness (QED) is 0.117. The summed E-state index contributed by atoms with van der Waals surface area (Å²) in [5, 5.41) is 21.7. The summed E-state index contributed by atoms with van der Waals surface area (Å²) in [6.45, 7) is 8.12. The van der Waals surface area contributed by atoms with Crippen LogP contribution in [0.15, 0.2) is 28.4 Å². The summed E-state index contributed by atoms with van der Waals surface area (Å²) in [6, 6.07) is 3.00. The van der Waals surface area contributed by atoms with Gasteiger partial charge in [0.1, 0.15) is 6.61 Å². The van der Waals surface area contributed by atoms with Crippen molar-refractivity contribution in [2.45, 2.75) is 72.1 Å². The first kappa shape index (κ1) is 24.7. The number of ether oxygens (including phenoxy) is 1. The molecular formula is C27H36N4O5. The third-order valence-electron chi connectivity index (χ3n) is 9.71. The zero-order valence-electron chi connectivity index (χ0n) is 21.4. The number of anilines is 1. The summed E-state index contributed by atoms with van der Waals surface area (Å²) in [5.74, 6) is 2.77. The molecule has 0 aliphatic heterocycles. The molecule has 4 aliphatic carbocycles. The van der Waals surface area contributed by atoms with E-state index >= 15 is 0 Å². The second-order valence-corrected chi connectivity index (χ2v) is 11.4. The first-order chi connectivity index (χ1) is 17.3. The van der Waals surface area contributed by atoms with Crippen LogP contribution >= 0.6 is 0 Å². The molecule has 4 bridgehead atoms. The van der Waals surface area contributed by atoms with Gasteiger partial charge in [0.25, 0.3) is 0 Å². The van der Waals surface area contributed by atoms with Crippen LogP contribution in [0.3, 0.4) is 0 Å². The maximum atomic E-state index is 12.1. The lowest BCUT2D eigenvalue weighted by Gasteiger charge is -2.34. The molecule has 2 unspecified atom stereocenters. The van der Waals surface area contributed by atoms with Crippen molar-refractivity contribution < 1.29 is 19.1 Å². The number of nitrogens with zero attached hydrogens (tertiary/aromatic N) is 3. The number of nitrogens with one attached hydrogen (secondary N) is 1. The summed E-state index contributed by atoms with van der Waals surface area (Å²) in [7, 11) is 0. The molecule has 0 spiro atoms. The number of unbranched alkanes of at least 4 members (excludes halogenated alkanes) is 2. The highest BCUT2D eigenvalue weighted by Crippen LogP contribution is 2.87. The molecule has 0 radical (unpaired) electrons. The van der Waals surface area contributed by atoms with E-state index < -0.39 is 4.92 Å². The highest BCUT2D eigenvalue weighted by Gasteiger charge is 2.80. The van der Waals surface area contributed by atoms with Gasteiger partial charge in [-0.15, -0.1) is 0 Å². The molecule has 0 amide bonds. The Morgan fingerprint density at radius 1 is 1.22 bits per heavy atom. The highest BCUT2D eigenvalue weighted by atomic mass is 16.6. The normalized spacial score (nSPS) is 30.1. The van der Waals surface area contributed by atoms with E-state index in [1.54, 1.807) is 6.07 Å². The minimum Gasteiger partial charge on any atom is -0.461 e. The predicted octanol–water partition coefficient (Wildman–Crippen LogP) is 6.06. The Morgan fingerprint density at radius 2 is 1.97 bits per heavy atom. The van der Waals surface area contributed by atoms with Gasteiger partial charge in [0, 0.05) is 19.0 Å². The molecule has 4 fully saturated rings. The predicted molar refractivity (Wildman–Crippen MR) is 135 cm³/mol. The molecule has 4 saturated carbocycles. The molecule has 6 rings (SSSR count). The van der Waals surface area contributed by atoms with E-state index in [0.717, 1.165) is 49.0 Å². The summed E-state index contributed by atoms with van der Waals surface area (Å²) < 4.78 is 10.1. The molecule has 1 heterocycles. The number of fused-ring (bicyclic) bond motifs is 1. The van der Waals surface area contributed by atoms with E-state index in [1.165, 1.54) is 25.3 Å². The number of nitro benzene ring substituents is 1. The number of rotatable bonds is 13. The number of esters is 1. The first-order valence-corrected chi connectivity index (χ1v) is 13.2. The minimum atomic E-state index is -0.506. The van der Waals surface area contributed by atoms with Crippen molar-refractivity contribution in [2.24, 2.45) is 28.6 Å². The van der Waals surface area contributed by atoms with Crippen molar-refractivity contribution in [2.75, 3.05) is 18.5 Å². The van der Waals surface area contributed by atoms with Gasteiger partial charge in [-0.2, -0.15) is 0 Å². The SMILES string of the molecule is C/C(=C/CC[C@]1(C)C2C[C@@H]3[C@H](C2)C31C)COC(=O)CCCCCNc1ccc([N+](=O)[O-])c2nonc12. The second kappa shape index (κ2) is 9.48. The number of nitro groups is 1. The van der Waals surface area contributed by atoms with Crippen LogP contribution in [0.1, 0.15) is 72.1 Å². The molecule has 1 aromatic heterocycles. The van der Waals surface area contributed by atoms with Crippen molar-refractivity contribution in [3.05, 3.63) is 33.9 Å². The molecule has 2 aromatic rings. The zero-order chi connectivity index (χ0) is 25.5. The standard InChI is InChI=1S/C27H36N4O5/c1-17(8-7-12-26(2)18-14-19-20(15-18)27(19,26)3)16-35-23(32)9-5-4-6-13-28-21-10-11-22(31(33)34)25-24(21)29-36-30-25/h8,10-11,18-20,28H,4-7,9,12-16H2,1-3H3/b17-8-/t18?,19-,20+,26-,27?/m1/s1. The van der Waals surface area contributed by atoms with Gasteiger partial charge in [-0.05, 0) is 96.0 Å². The molecule has 1 N–H and O–H groups in total. The summed E-state index contributed by atoms with van der Waals surface area (Å²) in [6.07, 6.45) is 10.4. The van der Waals surface area contributed by atoms with E-state index in [0.29, 0.717) is 41.6 Å². The van der Waals surface area contributed by atoms with Crippen LogP contribution in [-0.4, -0.2) is 34.4 Å². The van der Waals surface area contributed by atoms with Gasteiger partial charge < -0.3 is 10.1 Å². The fourth-order valence-corrected chi connectivity index (χ4v) is 7.39. The average molecular weight is 497 g/mol. The van der Waals surface area contributed by atoms with Gasteiger partial charge in [0.15, 0.2) is 5.52 Å². The minimum absolute atomic E-state index is 0.132. The van der Waals surface area contributed by atoms with Gasteiger partial charge in [0.2, 0.25) is 5.52 Å². The van der Waals surface area contributed by atoms with Gasteiger partial charge in [-0.25, -0.2) is 4.63 Å². The van der Waals surface area contributed by atoms with E-state index in [2.05, 4.69) is 47.1 Å². The van der Waals surface area contributed by atoms with Crippen LogP contribution in [0.2, 0.25) is 0 Å². The molecule has 0 saturated heterocycles. The van der Waals surface area contributed by atoms with Gasteiger partial charge in [-0.3, -0.25) is 14.9 Å².